The molecule has 1 N–H and O–H groups in total. The number of rotatable bonds is 4. The number of likely N-dealkylation sites (N-methyl/N-ethyl adjacent to an activating group) is 2. The zero-order chi connectivity index (χ0) is 13.0. The predicted octanol–water partition coefficient (Wildman–Crippen LogP) is 3.42. The first-order valence-electron chi connectivity index (χ1n) is 8.15. The average Bonchev–Trinajstić information content (AvgIpc) is 2.46. The molecule has 0 amide bonds. The van der Waals surface area contributed by atoms with E-state index >= 15 is 0 Å². The molecule has 0 spiro atoms. The summed E-state index contributed by atoms with van der Waals surface area (Å²) in [5.41, 5.74) is 0. The van der Waals surface area contributed by atoms with Crippen LogP contribution in [0.2, 0.25) is 0 Å². The Labute approximate surface area is 114 Å². The summed E-state index contributed by atoms with van der Waals surface area (Å²) >= 11 is 0. The lowest BCUT2D eigenvalue weighted by Gasteiger charge is -2.45. The Balaban J connectivity index is 1.97. The second-order valence-corrected chi connectivity index (χ2v) is 6.51. The van der Waals surface area contributed by atoms with Gasteiger partial charge < -0.3 is 5.32 Å². The standard InChI is InChI=1S/C16H32N2/c1-4-13-10-11-15(17-2)16(12-13)18(3)14-8-6-5-7-9-14/h13-17H,4-12H2,1-3H3. The molecular formula is C16H32N2. The minimum Gasteiger partial charge on any atom is -0.315 e. The molecule has 0 aromatic carbocycles. The molecule has 0 bridgehead atoms. The number of hydrogen-bond donors (Lipinski definition) is 1. The minimum absolute atomic E-state index is 0.722. The largest absolute Gasteiger partial charge is 0.315 e. The van der Waals surface area contributed by atoms with Crippen molar-refractivity contribution < 1.29 is 0 Å². The Kier molecular flexibility index (Phi) is 5.50. The van der Waals surface area contributed by atoms with Crippen LogP contribution in [0.3, 0.4) is 0 Å². The van der Waals surface area contributed by atoms with Crippen molar-refractivity contribution in [3.63, 3.8) is 0 Å². The lowest BCUT2D eigenvalue weighted by molar-refractivity contribution is 0.0689. The van der Waals surface area contributed by atoms with Crippen molar-refractivity contribution in [1.29, 1.82) is 0 Å². The van der Waals surface area contributed by atoms with E-state index in [1.807, 2.05) is 0 Å². The molecule has 3 unspecified atom stereocenters. The summed E-state index contributed by atoms with van der Waals surface area (Å²) in [5, 5.41) is 3.58. The molecule has 0 heterocycles. The summed E-state index contributed by atoms with van der Waals surface area (Å²) in [6.07, 6.45) is 12.8. The summed E-state index contributed by atoms with van der Waals surface area (Å²) in [7, 11) is 4.54. The predicted molar refractivity (Wildman–Crippen MR) is 78.9 cm³/mol. The van der Waals surface area contributed by atoms with Gasteiger partial charge in [-0.1, -0.05) is 32.6 Å². The topological polar surface area (TPSA) is 15.3 Å². The van der Waals surface area contributed by atoms with Crippen LogP contribution in [0.4, 0.5) is 0 Å². The van der Waals surface area contributed by atoms with Gasteiger partial charge in [-0.05, 0) is 52.1 Å². The molecule has 2 aliphatic carbocycles. The lowest BCUT2D eigenvalue weighted by atomic mass is 9.79. The first-order chi connectivity index (χ1) is 8.76. The number of nitrogens with zero attached hydrogens (tertiary/aromatic N) is 1. The molecule has 0 aliphatic heterocycles. The van der Waals surface area contributed by atoms with Crippen molar-refractivity contribution >= 4 is 0 Å². The fourth-order valence-corrected chi connectivity index (χ4v) is 4.15. The first-order valence-corrected chi connectivity index (χ1v) is 8.15. The summed E-state index contributed by atoms with van der Waals surface area (Å²) in [5.74, 6) is 0.964. The number of nitrogens with one attached hydrogen (secondary N) is 1. The molecule has 2 nitrogen and oxygen atoms in total. The molecule has 2 saturated carbocycles. The second-order valence-electron chi connectivity index (χ2n) is 6.51. The smallest absolute Gasteiger partial charge is 0.0251 e. The monoisotopic (exact) mass is 252 g/mol. The van der Waals surface area contributed by atoms with Gasteiger partial charge >= 0.3 is 0 Å². The fourth-order valence-electron chi connectivity index (χ4n) is 4.15. The third kappa shape index (κ3) is 3.27. The van der Waals surface area contributed by atoms with Crippen LogP contribution in [0, 0.1) is 5.92 Å². The molecule has 106 valence electrons. The zero-order valence-electron chi connectivity index (χ0n) is 12.6. The Morgan fingerprint density at radius 1 is 1.06 bits per heavy atom. The third-order valence-electron chi connectivity index (χ3n) is 5.55. The van der Waals surface area contributed by atoms with Crippen molar-refractivity contribution in [2.45, 2.75) is 82.8 Å². The van der Waals surface area contributed by atoms with Crippen LogP contribution in [0.25, 0.3) is 0 Å². The lowest BCUT2D eigenvalue weighted by Crippen LogP contribution is -2.54. The van der Waals surface area contributed by atoms with Crippen LogP contribution < -0.4 is 5.32 Å². The van der Waals surface area contributed by atoms with Crippen LogP contribution in [-0.4, -0.2) is 37.1 Å². The maximum Gasteiger partial charge on any atom is 0.0251 e. The first kappa shape index (κ1) is 14.3. The van der Waals surface area contributed by atoms with Crippen LogP contribution in [0.5, 0.6) is 0 Å². The van der Waals surface area contributed by atoms with Gasteiger partial charge in [0.1, 0.15) is 0 Å². The molecule has 2 heteroatoms. The highest BCUT2D eigenvalue weighted by Crippen LogP contribution is 2.33. The third-order valence-corrected chi connectivity index (χ3v) is 5.55. The second kappa shape index (κ2) is 6.91. The van der Waals surface area contributed by atoms with E-state index in [9.17, 15) is 0 Å². The van der Waals surface area contributed by atoms with Gasteiger partial charge in [-0.15, -0.1) is 0 Å². The molecule has 0 saturated heterocycles. The van der Waals surface area contributed by atoms with E-state index in [4.69, 9.17) is 0 Å². The Hall–Kier alpha value is -0.0800. The van der Waals surface area contributed by atoms with Gasteiger partial charge in [-0.3, -0.25) is 4.90 Å². The summed E-state index contributed by atoms with van der Waals surface area (Å²) in [6.45, 7) is 2.36. The summed E-state index contributed by atoms with van der Waals surface area (Å²) < 4.78 is 0. The molecule has 0 aromatic heterocycles. The van der Waals surface area contributed by atoms with E-state index in [0.717, 1.165) is 24.0 Å². The molecule has 2 rings (SSSR count). The van der Waals surface area contributed by atoms with Gasteiger partial charge in [-0.25, -0.2) is 0 Å². The van der Waals surface area contributed by atoms with E-state index < -0.39 is 0 Å². The maximum absolute atomic E-state index is 3.58. The molecule has 2 fully saturated rings. The highest BCUT2D eigenvalue weighted by Gasteiger charge is 2.34. The van der Waals surface area contributed by atoms with Gasteiger partial charge in [0.2, 0.25) is 0 Å². The van der Waals surface area contributed by atoms with E-state index in [0.29, 0.717) is 0 Å². The Morgan fingerprint density at radius 3 is 2.39 bits per heavy atom. The van der Waals surface area contributed by atoms with Gasteiger partial charge in [0.25, 0.3) is 0 Å². The van der Waals surface area contributed by atoms with Crippen molar-refractivity contribution in [2.24, 2.45) is 5.92 Å². The van der Waals surface area contributed by atoms with E-state index in [1.165, 1.54) is 57.8 Å². The van der Waals surface area contributed by atoms with Crippen LogP contribution >= 0.6 is 0 Å². The average molecular weight is 252 g/mol. The van der Waals surface area contributed by atoms with Gasteiger partial charge in [0, 0.05) is 18.1 Å². The Bertz CT molecular complexity index is 235. The normalized spacial score (nSPS) is 35.0. The minimum atomic E-state index is 0.722. The summed E-state index contributed by atoms with van der Waals surface area (Å²) in [4.78, 5) is 2.74. The van der Waals surface area contributed by atoms with Crippen molar-refractivity contribution in [3.8, 4) is 0 Å². The zero-order valence-corrected chi connectivity index (χ0v) is 12.6. The number of hydrogen-bond acceptors (Lipinski definition) is 2. The van der Waals surface area contributed by atoms with E-state index in [-0.39, 0.29) is 0 Å². The molecule has 0 radical (unpaired) electrons. The van der Waals surface area contributed by atoms with Crippen LogP contribution in [0.1, 0.15) is 64.7 Å². The quantitative estimate of drug-likeness (QED) is 0.825. The van der Waals surface area contributed by atoms with Crippen molar-refractivity contribution in [1.82, 2.24) is 10.2 Å². The molecular weight excluding hydrogens is 220 g/mol. The van der Waals surface area contributed by atoms with Gasteiger partial charge in [0.05, 0.1) is 0 Å². The van der Waals surface area contributed by atoms with E-state index in [2.05, 4.69) is 31.2 Å². The van der Waals surface area contributed by atoms with Crippen molar-refractivity contribution in [2.75, 3.05) is 14.1 Å². The molecule has 3 atom stereocenters. The maximum atomic E-state index is 3.58. The summed E-state index contributed by atoms with van der Waals surface area (Å²) in [6, 6.07) is 2.35. The highest BCUT2D eigenvalue weighted by atomic mass is 15.2. The van der Waals surface area contributed by atoms with Crippen LogP contribution in [-0.2, 0) is 0 Å². The van der Waals surface area contributed by atoms with Gasteiger partial charge in [0.15, 0.2) is 0 Å². The Morgan fingerprint density at radius 2 is 1.78 bits per heavy atom. The van der Waals surface area contributed by atoms with Crippen LogP contribution in [0.15, 0.2) is 0 Å². The van der Waals surface area contributed by atoms with E-state index in [1.54, 1.807) is 0 Å². The molecule has 0 aromatic rings. The van der Waals surface area contributed by atoms with Gasteiger partial charge in [-0.2, -0.15) is 0 Å². The molecule has 18 heavy (non-hydrogen) atoms. The SMILES string of the molecule is CCC1CCC(NC)C(N(C)C2CCCCC2)C1. The highest BCUT2D eigenvalue weighted by molar-refractivity contribution is 4.92. The fraction of sp³-hybridized carbons (Fsp3) is 1.00. The molecule has 2 aliphatic rings. The van der Waals surface area contributed by atoms with Crippen molar-refractivity contribution in [3.05, 3.63) is 0 Å².